The Balaban J connectivity index is 1.30. The van der Waals surface area contributed by atoms with Crippen molar-refractivity contribution in [2.45, 2.75) is 6.42 Å². The summed E-state index contributed by atoms with van der Waals surface area (Å²) in [5.74, 6) is 0.479. The third kappa shape index (κ3) is 4.72. The van der Waals surface area contributed by atoms with Crippen molar-refractivity contribution in [3.05, 3.63) is 67.1 Å². The number of anilines is 2. The van der Waals surface area contributed by atoms with E-state index in [1.165, 1.54) is 0 Å². The lowest BCUT2D eigenvalue weighted by atomic mass is 10.1. The van der Waals surface area contributed by atoms with Gasteiger partial charge in [0.25, 0.3) is 0 Å². The fourth-order valence-corrected chi connectivity index (χ4v) is 3.13. The number of nitrogens with one attached hydrogen (secondary N) is 3. The molecule has 3 heterocycles. The number of H-pyrrole nitrogens is 1. The molecule has 3 N–H and O–H groups in total. The number of hydrogen-bond acceptors (Lipinski definition) is 5. The fraction of sp³-hybridized carbons (Fsp3) is 0.182. The molecule has 0 saturated carbocycles. The Kier molecular flexibility index (Phi) is 5.84. The van der Waals surface area contributed by atoms with E-state index < -0.39 is 0 Å². The molecule has 2 amide bonds. The molecule has 0 aliphatic rings. The summed E-state index contributed by atoms with van der Waals surface area (Å²) in [5.41, 5.74) is 4.47. The zero-order chi connectivity index (χ0) is 20.8. The average molecular weight is 401 g/mol. The van der Waals surface area contributed by atoms with Gasteiger partial charge in [0.05, 0.1) is 17.2 Å². The van der Waals surface area contributed by atoms with Crippen LogP contribution in [-0.2, 0) is 0 Å². The Morgan fingerprint density at radius 3 is 2.73 bits per heavy atom. The first-order chi connectivity index (χ1) is 14.7. The molecule has 0 unspecified atom stereocenters. The Morgan fingerprint density at radius 1 is 1.07 bits per heavy atom. The van der Waals surface area contributed by atoms with E-state index in [2.05, 4.69) is 47.8 Å². The van der Waals surface area contributed by atoms with E-state index in [-0.39, 0.29) is 6.03 Å². The predicted molar refractivity (Wildman–Crippen MR) is 118 cm³/mol. The number of aromatic nitrogens is 4. The van der Waals surface area contributed by atoms with Gasteiger partial charge < -0.3 is 10.2 Å². The highest BCUT2D eigenvalue weighted by atomic mass is 16.2. The zero-order valence-corrected chi connectivity index (χ0v) is 16.7. The summed E-state index contributed by atoms with van der Waals surface area (Å²) in [7, 11) is 2.04. The maximum atomic E-state index is 12.2. The molecule has 0 fully saturated rings. The van der Waals surface area contributed by atoms with Crippen molar-refractivity contribution in [3.63, 3.8) is 0 Å². The first-order valence-electron chi connectivity index (χ1n) is 9.76. The quantitative estimate of drug-likeness (QED) is 0.411. The van der Waals surface area contributed by atoms with E-state index in [9.17, 15) is 4.79 Å². The molecule has 8 heteroatoms. The van der Waals surface area contributed by atoms with Gasteiger partial charge in [-0.1, -0.05) is 18.2 Å². The van der Waals surface area contributed by atoms with Crippen molar-refractivity contribution in [2.24, 2.45) is 0 Å². The Morgan fingerprint density at radius 2 is 1.93 bits per heavy atom. The summed E-state index contributed by atoms with van der Waals surface area (Å²) in [6.45, 7) is 1.42. The fourth-order valence-electron chi connectivity index (χ4n) is 3.13. The molecule has 0 aliphatic carbocycles. The van der Waals surface area contributed by atoms with Crippen LogP contribution in [0.3, 0.4) is 0 Å². The van der Waals surface area contributed by atoms with Crippen LogP contribution in [0.15, 0.2) is 67.1 Å². The maximum absolute atomic E-state index is 12.2. The van der Waals surface area contributed by atoms with Gasteiger partial charge in [0.15, 0.2) is 0 Å². The number of nitrogens with zero attached hydrogens (tertiary/aromatic N) is 4. The minimum absolute atomic E-state index is 0.275. The minimum atomic E-state index is -0.275. The molecule has 152 valence electrons. The number of fused-ring (bicyclic) bond motifs is 1. The zero-order valence-electron chi connectivity index (χ0n) is 16.7. The van der Waals surface area contributed by atoms with Gasteiger partial charge in [-0.05, 0) is 36.8 Å². The molecule has 0 atom stereocenters. The summed E-state index contributed by atoms with van der Waals surface area (Å²) >= 11 is 0. The normalized spacial score (nSPS) is 10.7. The molecule has 0 bridgehead atoms. The van der Waals surface area contributed by atoms with Gasteiger partial charge in [0, 0.05) is 49.3 Å². The molecule has 0 aliphatic heterocycles. The number of benzene rings is 1. The molecule has 4 rings (SSSR count). The number of aromatic amines is 1. The van der Waals surface area contributed by atoms with Gasteiger partial charge >= 0.3 is 6.03 Å². The second-order valence-electron chi connectivity index (χ2n) is 6.94. The largest absolute Gasteiger partial charge is 0.375 e. The van der Waals surface area contributed by atoms with Crippen LogP contribution < -0.4 is 15.5 Å². The third-order valence-electron chi connectivity index (χ3n) is 4.76. The summed E-state index contributed by atoms with van der Waals surface area (Å²) < 4.78 is 0. The number of hydrogen-bond donors (Lipinski definition) is 3. The second kappa shape index (κ2) is 9.04. The van der Waals surface area contributed by atoms with Gasteiger partial charge in [-0.2, -0.15) is 5.10 Å². The Bertz CT molecular complexity index is 1110. The molecular weight excluding hydrogens is 378 g/mol. The number of carbonyl (C=O) groups is 1. The van der Waals surface area contributed by atoms with Crippen LogP contribution in [0.1, 0.15) is 6.42 Å². The average Bonchev–Trinajstić information content (AvgIpc) is 3.32. The standard InChI is InChI=1S/C22H23N7O/c1-29(18-6-3-2-4-7-18)11-5-10-23-22(30)28-21-9-8-19-20(27-21)12-16(13-24-19)17-14-25-26-15-17/h2-4,6-9,12-15H,5,10-11H2,1H3,(H,25,26)(H2,23,27,28,30). The lowest BCUT2D eigenvalue weighted by Gasteiger charge is -2.19. The van der Waals surface area contributed by atoms with Gasteiger partial charge in [-0.15, -0.1) is 0 Å². The van der Waals surface area contributed by atoms with Crippen molar-refractivity contribution < 1.29 is 4.79 Å². The van der Waals surface area contributed by atoms with Gasteiger partial charge in [-0.3, -0.25) is 15.4 Å². The SMILES string of the molecule is CN(CCCNC(=O)Nc1ccc2ncc(-c3cn[nH]c3)cc2n1)c1ccccc1. The predicted octanol–water partition coefficient (Wildman–Crippen LogP) is 3.67. The van der Waals surface area contributed by atoms with Crippen molar-refractivity contribution >= 4 is 28.6 Å². The van der Waals surface area contributed by atoms with E-state index in [4.69, 9.17) is 0 Å². The maximum Gasteiger partial charge on any atom is 0.320 e. The van der Waals surface area contributed by atoms with Gasteiger partial charge in [0.1, 0.15) is 5.82 Å². The van der Waals surface area contributed by atoms with Crippen LogP contribution in [0.4, 0.5) is 16.3 Å². The summed E-state index contributed by atoms with van der Waals surface area (Å²) in [5, 5.41) is 12.4. The lowest BCUT2D eigenvalue weighted by Crippen LogP contribution is -2.31. The first kappa shape index (κ1) is 19.4. The van der Waals surface area contributed by atoms with Gasteiger partial charge in [0.2, 0.25) is 0 Å². The van der Waals surface area contributed by atoms with E-state index in [0.29, 0.717) is 17.9 Å². The topological polar surface area (TPSA) is 98.8 Å². The van der Waals surface area contributed by atoms with E-state index in [1.807, 2.05) is 37.4 Å². The number of urea groups is 1. The summed E-state index contributed by atoms with van der Waals surface area (Å²) in [4.78, 5) is 23.3. The number of para-hydroxylation sites is 1. The van der Waals surface area contributed by atoms with Crippen LogP contribution >= 0.6 is 0 Å². The molecule has 8 nitrogen and oxygen atoms in total. The number of rotatable bonds is 7. The van der Waals surface area contributed by atoms with Crippen molar-refractivity contribution in [2.75, 3.05) is 30.4 Å². The number of pyridine rings is 2. The second-order valence-corrected chi connectivity index (χ2v) is 6.94. The first-order valence-corrected chi connectivity index (χ1v) is 9.76. The lowest BCUT2D eigenvalue weighted by molar-refractivity contribution is 0.252. The van der Waals surface area contributed by atoms with E-state index >= 15 is 0 Å². The molecule has 30 heavy (non-hydrogen) atoms. The molecule has 0 radical (unpaired) electrons. The number of amides is 2. The Hall–Kier alpha value is -3.94. The molecule has 1 aromatic carbocycles. The van der Waals surface area contributed by atoms with Crippen LogP contribution in [0.25, 0.3) is 22.2 Å². The number of carbonyl (C=O) groups excluding carboxylic acids is 1. The molecule has 3 aromatic heterocycles. The highest BCUT2D eigenvalue weighted by Gasteiger charge is 2.07. The van der Waals surface area contributed by atoms with Crippen LogP contribution in [-0.4, -0.2) is 46.3 Å². The highest BCUT2D eigenvalue weighted by Crippen LogP contribution is 2.21. The molecule has 0 spiro atoms. The summed E-state index contributed by atoms with van der Waals surface area (Å²) in [6, 6.07) is 15.4. The summed E-state index contributed by atoms with van der Waals surface area (Å²) in [6.07, 6.45) is 6.14. The highest BCUT2D eigenvalue weighted by molar-refractivity contribution is 5.90. The van der Waals surface area contributed by atoms with Crippen LogP contribution in [0, 0.1) is 0 Å². The monoisotopic (exact) mass is 401 g/mol. The minimum Gasteiger partial charge on any atom is -0.375 e. The van der Waals surface area contributed by atoms with E-state index in [0.717, 1.165) is 35.3 Å². The van der Waals surface area contributed by atoms with Crippen molar-refractivity contribution in [3.8, 4) is 11.1 Å². The molecule has 0 saturated heterocycles. The van der Waals surface area contributed by atoms with E-state index in [1.54, 1.807) is 24.7 Å². The smallest absolute Gasteiger partial charge is 0.320 e. The third-order valence-corrected chi connectivity index (χ3v) is 4.76. The van der Waals surface area contributed by atoms with Crippen LogP contribution in [0.5, 0.6) is 0 Å². The van der Waals surface area contributed by atoms with Crippen molar-refractivity contribution in [1.82, 2.24) is 25.5 Å². The van der Waals surface area contributed by atoms with Gasteiger partial charge in [-0.25, -0.2) is 9.78 Å². The van der Waals surface area contributed by atoms with Crippen LogP contribution in [0.2, 0.25) is 0 Å². The van der Waals surface area contributed by atoms with Crippen molar-refractivity contribution in [1.29, 1.82) is 0 Å². The molecule has 4 aromatic rings. The molecular formula is C22H23N7O. The Labute approximate surface area is 174 Å².